The molecule has 0 unspecified atom stereocenters. The van der Waals surface area contributed by atoms with Crippen LogP contribution in [0.5, 0.6) is 5.75 Å². The van der Waals surface area contributed by atoms with Crippen LogP contribution in [-0.4, -0.2) is 38.3 Å². The van der Waals surface area contributed by atoms with Crippen LogP contribution in [0.4, 0.5) is 4.39 Å². The highest BCUT2D eigenvalue weighted by Crippen LogP contribution is 2.57. The van der Waals surface area contributed by atoms with Gasteiger partial charge in [-0.1, -0.05) is 31.4 Å². The summed E-state index contributed by atoms with van der Waals surface area (Å²) >= 11 is 6.14. The molecule has 1 aliphatic heterocycles. The Morgan fingerprint density at radius 1 is 1.39 bits per heavy atom. The van der Waals surface area contributed by atoms with E-state index in [1.165, 1.54) is 17.1 Å². The molecule has 2 aliphatic carbocycles. The summed E-state index contributed by atoms with van der Waals surface area (Å²) in [7, 11) is -4.02. The van der Waals surface area contributed by atoms with Crippen LogP contribution in [-0.2, 0) is 10.2 Å². The summed E-state index contributed by atoms with van der Waals surface area (Å²) in [6, 6.07) is 2.17. The molecule has 1 N–H and O–H groups in total. The third kappa shape index (κ3) is 3.86. The van der Waals surface area contributed by atoms with Gasteiger partial charge in [0.25, 0.3) is 5.91 Å². The minimum atomic E-state index is -4.02. The third-order valence-electron chi connectivity index (χ3n) is 6.28. The molecule has 0 aromatic heterocycles. The first-order valence-corrected chi connectivity index (χ1v) is 11.4. The number of halogens is 2. The highest BCUT2D eigenvalue weighted by atomic mass is 35.5. The van der Waals surface area contributed by atoms with Gasteiger partial charge in [0.2, 0.25) is 0 Å². The predicted octanol–water partition coefficient (Wildman–Crippen LogP) is 3.36. The number of hydrogen-bond donors (Lipinski definition) is 1. The number of carbonyl (C=O) groups excluding carboxylic acids is 1. The van der Waals surface area contributed by atoms with Crippen molar-refractivity contribution in [3.63, 3.8) is 0 Å². The Morgan fingerprint density at radius 3 is 2.75 bits per heavy atom. The van der Waals surface area contributed by atoms with E-state index in [2.05, 4.69) is 0 Å². The van der Waals surface area contributed by atoms with Crippen molar-refractivity contribution < 1.29 is 22.3 Å². The van der Waals surface area contributed by atoms with E-state index >= 15 is 0 Å². The van der Waals surface area contributed by atoms with Crippen LogP contribution in [0.3, 0.4) is 0 Å². The van der Waals surface area contributed by atoms with Crippen molar-refractivity contribution in [2.45, 2.75) is 39.0 Å². The number of carbonyl (C=O) groups is 1. The smallest absolute Gasteiger partial charge is 0.304 e. The van der Waals surface area contributed by atoms with Gasteiger partial charge >= 0.3 is 10.2 Å². The van der Waals surface area contributed by atoms with Crippen LogP contribution < -0.4 is 9.46 Å². The summed E-state index contributed by atoms with van der Waals surface area (Å²) < 4.78 is 48.2. The fraction of sp³-hybridized carbons (Fsp3) is 0.632. The van der Waals surface area contributed by atoms with Crippen molar-refractivity contribution in [3.8, 4) is 5.75 Å². The van der Waals surface area contributed by atoms with Gasteiger partial charge in [-0.2, -0.15) is 12.7 Å². The molecule has 6 nitrogen and oxygen atoms in total. The van der Waals surface area contributed by atoms with Gasteiger partial charge in [-0.15, -0.1) is 0 Å². The lowest BCUT2D eigenvalue weighted by molar-refractivity contribution is 0.0975. The molecule has 1 heterocycles. The van der Waals surface area contributed by atoms with Crippen LogP contribution in [0.15, 0.2) is 12.1 Å². The normalized spacial score (nSPS) is 27.6. The number of piperidine rings is 1. The lowest BCUT2D eigenvalue weighted by atomic mass is 10.1. The maximum Gasteiger partial charge on any atom is 0.304 e. The fourth-order valence-electron chi connectivity index (χ4n) is 4.31. The number of benzene rings is 1. The van der Waals surface area contributed by atoms with E-state index in [0.717, 1.165) is 31.4 Å². The second-order valence-corrected chi connectivity index (χ2v) is 10.6. The third-order valence-corrected chi connectivity index (χ3v) is 7.97. The molecule has 3 fully saturated rings. The van der Waals surface area contributed by atoms with Crippen molar-refractivity contribution in [3.05, 3.63) is 28.5 Å². The Morgan fingerprint density at radius 2 is 2.11 bits per heavy atom. The molecule has 0 bridgehead atoms. The number of ether oxygens (including phenoxy) is 1. The molecule has 2 saturated carbocycles. The fourth-order valence-corrected chi connectivity index (χ4v) is 5.85. The summed E-state index contributed by atoms with van der Waals surface area (Å²) in [6.45, 7) is 3.24. The maximum atomic E-state index is 14.5. The molecule has 0 spiro atoms. The highest BCUT2D eigenvalue weighted by molar-refractivity contribution is 7.87. The largest absolute Gasteiger partial charge is 0.492 e. The van der Waals surface area contributed by atoms with E-state index in [-0.39, 0.29) is 16.2 Å². The molecule has 0 radical (unpaired) electrons. The Bertz CT molecular complexity index is 903. The lowest BCUT2D eigenvalue weighted by Gasteiger charge is -2.20. The molecular formula is C19H24ClFN2O4S. The van der Waals surface area contributed by atoms with E-state index in [9.17, 15) is 17.6 Å². The minimum Gasteiger partial charge on any atom is -0.492 e. The van der Waals surface area contributed by atoms with Gasteiger partial charge in [0, 0.05) is 19.2 Å². The molecule has 4 rings (SSSR count). The number of fused-ring (bicyclic) bond motifs is 1. The number of nitrogens with zero attached hydrogens (tertiary/aromatic N) is 1. The number of nitrogens with one attached hydrogen (secondary N) is 1. The van der Waals surface area contributed by atoms with E-state index in [0.29, 0.717) is 31.5 Å². The van der Waals surface area contributed by atoms with Crippen molar-refractivity contribution in [1.82, 2.24) is 9.03 Å². The van der Waals surface area contributed by atoms with Crippen LogP contribution in [0.25, 0.3) is 0 Å². The first-order chi connectivity index (χ1) is 13.2. The summed E-state index contributed by atoms with van der Waals surface area (Å²) in [6.07, 6.45) is 5.49. The van der Waals surface area contributed by atoms with Gasteiger partial charge in [0.15, 0.2) is 0 Å². The minimum absolute atomic E-state index is 0.00462. The highest BCUT2D eigenvalue weighted by Gasteiger charge is 2.58. The quantitative estimate of drug-likeness (QED) is 0.750. The van der Waals surface area contributed by atoms with Crippen molar-refractivity contribution in [2.24, 2.45) is 17.3 Å². The summed E-state index contributed by atoms with van der Waals surface area (Å²) in [5.41, 5.74) is -0.414. The van der Waals surface area contributed by atoms with E-state index in [4.69, 9.17) is 16.3 Å². The molecule has 2 atom stereocenters. The van der Waals surface area contributed by atoms with Gasteiger partial charge < -0.3 is 4.74 Å². The molecule has 1 saturated heterocycles. The summed E-state index contributed by atoms with van der Waals surface area (Å²) in [4.78, 5) is 12.4. The van der Waals surface area contributed by atoms with Crippen LogP contribution >= 0.6 is 11.6 Å². The standard InChI is InChI=1S/C19H24ClFN2O4S/c1-19-8-13(19)9-23(11-19)28(25,26)22-18(24)14-6-15(20)17(7-16(14)21)27-10-12-4-2-3-5-12/h6-7,12-13H,2-5,8-11H2,1H3,(H,22,24)/t13-,19+/m0/s1. The van der Waals surface area contributed by atoms with E-state index in [1.54, 1.807) is 0 Å². The number of hydrogen-bond acceptors (Lipinski definition) is 4. The Kier molecular flexibility index (Phi) is 5.08. The van der Waals surface area contributed by atoms with E-state index < -0.39 is 27.5 Å². The Labute approximate surface area is 169 Å². The average Bonchev–Trinajstić information content (AvgIpc) is 3.00. The Balaban J connectivity index is 1.43. The molecular weight excluding hydrogens is 407 g/mol. The van der Waals surface area contributed by atoms with Gasteiger partial charge in [-0.05, 0) is 42.6 Å². The van der Waals surface area contributed by atoms with Gasteiger partial charge in [-0.3, -0.25) is 4.79 Å². The average molecular weight is 431 g/mol. The van der Waals surface area contributed by atoms with Gasteiger partial charge in [-0.25, -0.2) is 9.11 Å². The lowest BCUT2D eigenvalue weighted by Crippen LogP contribution is -2.43. The van der Waals surface area contributed by atoms with Crippen molar-refractivity contribution in [1.29, 1.82) is 0 Å². The maximum absolute atomic E-state index is 14.5. The number of amides is 1. The van der Waals surface area contributed by atoms with Crippen molar-refractivity contribution in [2.75, 3.05) is 19.7 Å². The first kappa shape index (κ1) is 19.9. The molecule has 1 amide bonds. The second-order valence-electron chi connectivity index (χ2n) is 8.51. The second kappa shape index (κ2) is 7.15. The monoisotopic (exact) mass is 430 g/mol. The zero-order valence-electron chi connectivity index (χ0n) is 15.7. The SMILES string of the molecule is C[C@]12C[C@H]1CN(S(=O)(=O)NC(=O)c1cc(Cl)c(OCC3CCCC3)cc1F)C2. The van der Waals surface area contributed by atoms with Crippen LogP contribution in [0.1, 0.15) is 49.4 Å². The molecule has 1 aromatic rings. The van der Waals surface area contributed by atoms with Crippen LogP contribution in [0, 0.1) is 23.1 Å². The first-order valence-electron chi connectivity index (χ1n) is 9.62. The number of rotatable bonds is 6. The molecule has 1 aromatic carbocycles. The molecule has 3 aliphatic rings. The summed E-state index contributed by atoms with van der Waals surface area (Å²) in [5, 5.41) is 0.0804. The molecule has 9 heteroatoms. The molecule has 154 valence electrons. The van der Waals surface area contributed by atoms with Gasteiger partial charge in [0.05, 0.1) is 17.2 Å². The van der Waals surface area contributed by atoms with Gasteiger partial charge in [0.1, 0.15) is 11.6 Å². The van der Waals surface area contributed by atoms with Crippen molar-refractivity contribution >= 4 is 27.7 Å². The zero-order valence-corrected chi connectivity index (χ0v) is 17.3. The van der Waals surface area contributed by atoms with Crippen LogP contribution in [0.2, 0.25) is 5.02 Å². The molecule has 28 heavy (non-hydrogen) atoms. The predicted molar refractivity (Wildman–Crippen MR) is 103 cm³/mol. The zero-order chi connectivity index (χ0) is 20.1. The summed E-state index contributed by atoms with van der Waals surface area (Å²) in [5.74, 6) is -0.970. The Hall–Kier alpha value is -1.38. The van der Waals surface area contributed by atoms with E-state index in [1.807, 2.05) is 11.6 Å². The topological polar surface area (TPSA) is 75.7 Å².